The fourth-order valence-electron chi connectivity index (χ4n) is 1.38. The van der Waals surface area contributed by atoms with E-state index >= 15 is 0 Å². The second-order valence-electron chi connectivity index (χ2n) is 4.36. The van der Waals surface area contributed by atoms with Crippen molar-refractivity contribution in [3.8, 4) is 0 Å². The van der Waals surface area contributed by atoms with Crippen LogP contribution in [0.5, 0.6) is 0 Å². The number of hydrogen-bond acceptors (Lipinski definition) is 2. The van der Waals surface area contributed by atoms with Crippen molar-refractivity contribution in [3.63, 3.8) is 0 Å². The zero-order valence-electron chi connectivity index (χ0n) is 9.70. The monoisotopic (exact) mass is 243 g/mol. The maximum atomic E-state index is 13.0. The highest BCUT2D eigenvalue weighted by Crippen LogP contribution is 2.13. The summed E-state index contributed by atoms with van der Waals surface area (Å²) in [5.74, 6) is 1.22. The van der Waals surface area contributed by atoms with Gasteiger partial charge in [0.15, 0.2) is 0 Å². The molecule has 1 aromatic carbocycles. The lowest BCUT2D eigenvalue weighted by Gasteiger charge is -2.06. The molecule has 1 unspecified atom stereocenters. The molecule has 2 nitrogen and oxygen atoms in total. The van der Waals surface area contributed by atoms with E-state index in [1.807, 2.05) is 0 Å². The molecule has 0 saturated carbocycles. The van der Waals surface area contributed by atoms with Gasteiger partial charge in [0.25, 0.3) is 0 Å². The van der Waals surface area contributed by atoms with E-state index in [1.54, 1.807) is 6.07 Å². The Balaban J connectivity index is 2.56. The second-order valence-corrected chi connectivity index (χ2v) is 5.94. The van der Waals surface area contributed by atoms with Crippen molar-refractivity contribution in [2.45, 2.75) is 26.0 Å². The van der Waals surface area contributed by atoms with Crippen molar-refractivity contribution in [3.05, 3.63) is 29.6 Å². The SMILES string of the molecule is CC(C)CCS(=O)Cc1cc(N)cc(F)c1. The van der Waals surface area contributed by atoms with Gasteiger partial charge in [0.2, 0.25) is 0 Å². The van der Waals surface area contributed by atoms with Crippen LogP contribution in [0.4, 0.5) is 10.1 Å². The molecule has 90 valence electrons. The van der Waals surface area contributed by atoms with E-state index in [1.165, 1.54) is 12.1 Å². The Morgan fingerprint density at radius 2 is 2.06 bits per heavy atom. The lowest BCUT2D eigenvalue weighted by Crippen LogP contribution is -2.04. The number of rotatable bonds is 5. The molecule has 2 N–H and O–H groups in total. The molecule has 0 aromatic heterocycles. The smallest absolute Gasteiger partial charge is 0.125 e. The van der Waals surface area contributed by atoms with Gasteiger partial charge < -0.3 is 5.73 Å². The quantitative estimate of drug-likeness (QED) is 0.808. The lowest BCUT2D eigenvalue weighted by molar-refractivity contribution is 0.618. The van der Waals surface area contributed by atoms with E-state index in [0.29, 0.717) is 28.7 Å². The summed E-state index contributed by atoms with van der Waals surface area (Å²) in [6, 6.07) is 4.33. The lowest BCUT2D eigenvalue weighted by atomic mass is 10.2. The predicted molar refractivity (Wildman–Crippen MR) is 67.0 cm³/mol. The van der Waals surface area contributed by atoms with Crippen LogP contribution in [-0.4, -0.2) is 9.96 Å². The second kappa shape index (κ2) is 5.99. The number of halogens is 1. The minimum atomic E-state index is -0.930. The largest absolute Gasteiger partial charge is 0.399 e. The van der Waals surface area contributed by atoms with Crippen LogP contribution >= 0.6 is 0 Å². The summed E-state index contributed by atoms with van der Waals surface area (Å²) in [6.07, 6.45) is 0.928. The van der Waals surface area contributed by atoms with Crippen molar-refractivity contribution in [2.75, 3.05) is 11.5 Å². The highest BCUT2D eigenvalue weighted by atomic mass is 32.2. The van der Waals surface area contributed by atoms with Crippen LogP contribution in [0, 0.1) is 11.7 Å². The first-order valence-corrected chi connectivity index (χ1v) is 6.86. The summed E-state index contributed by atoms with van der Waals surface area (Å²) in [5.41, 5.74) is 6.61. The standard InChI is InChI=1S/C12H18FNOS/c1-9(2)3-4-16(15)8-10-5-11(13)7-12(14)6-10/h5-7,9H,3-4,8,14H2,1-2H3. The van der Waals surface area contributed by atoms with E-state index < -0.39 is 10.8 Å². The predicted octanol–water partition coefficient (Wildman–Crippen LogP) is 2.70. The molecule has 0 fully saturated rings. The van der Waals surface area contributed by atoms with E-state index in [-0.39, 0.29) is 5.82 Å². The zero-order chi connectivity index (χ0) is 12.1. The third kappa shape index (κ3) is 4.75. The molecule has 0 bridgehead atoms. The first kappa shape index (κ1) is 13.2. The maximum Gasteiger partial charge on any atom is 0.125 e. The molecule has 0 spiro atoms. The highest BCUT2D eigenvalue weighted by molar-refractivity contribution is 7.84. The fraction of sp³-hybridized carbons (Fsp3) is 0.500. The molecule has 4 heteroatoms. The molecule has 1 atom stereocenters. The Labute approximate surface area is 98.5 Å². The van der Waals surface area contributed by atoms with Gasteiger partial charge in [0, 0.05) is 28.0 Å². The van der Waals surface area contributed by atoms with Crippen LogP contribution in [0.1, 0.15) is 25.8 Å². The van der Waals surface area contributed by atoms with Crippen LogP contribution in [0.25, 0.3) is 0 Å². The summed E-state index contributed by atoms with van der Waals surface area (Å²) in [5, 5.41) is 0. The summed E-state index contributed by atoms with van der Waals surface area (Å²) < 4.78 is 24.7. The topological polar surface area (TPSA) is 43.1 Å². The number of nitrogens with two attached hydrogens (primary N) is 1. The Hall–Kier alpha value is -0.900. The van der Waals surface area contributed by atoms with Gasteiger partial charge >= 0.3 is 0 Å². The molecule has 0 radical (unpaired) electrons. The number of anilines is 1. The summed E-state index contributed by atoms with van der Waals surface area (Å²) in [7, 11) is -0.930. The summed E-state index contributed by atoms with van der Waals surface area (Å²) >= 11 is 0. The van der Waals surface area contributed by atoms with Gasteiger partial charge in [-0.05, 0) is 36.1 Å². The van der Waals surface area contributed by atoms with Gasteiger partial charge in [0.1, 0.15) is 5.82 Å². The maximum absolute atomic E-state index is 13.0. The first-order chi connectivity index (χ1) is 7.47. The minimum Gasteiger partial charge on any atom is -0.399 e. The summed E-state index contributed by atoms with van der Waals surface area (Å²) in [6.45, 7) is 4.19. The van der Waals surface area contributed by atoms with Crippen LogP contribution in [0.15, 0.2) is 18.2 Å². The Morgan fingerprint density at radius 3 is 2.62 bits per heavy atom. The molecule has 0 aliphatic rings. The van der Waals surface area contributed by atoms with Crippen LogP contribution in [0.3, 0.4) is 0 Å². The van der Waals surface area contributed by atoms with Gasteiger partial charge in [-0.15, -0.1) is 0 Å². The van der Waals surface area contributed by atoms with E-state index in [0.717, 1.165) is 6.42 Å². The van der Waals surface area contributed by atoms with Crippen molar-refractivity contribution >= 4 is 16.5 Å². The third-order valence-corrected chi connectivity index (χ3v) is 3.58. The molecule has 0 aliphatic heterocycles. The average Bonchev–Trinajstić information content (AvgIpc) is 2.12. The van der Waals surface area contributed by atoms with Gasteiger partial charge in [0.05, 0.1) is 0 Å². The third-order valence-electron chi connectivity index (χ3n) is 2.23. The normalized spacial score (nSPS) is 13.0. The van der Waals surface area contributed by atoms with E-state index in [9.17, 15) is 8.60 Å². The van der Waals surface area contributed by atoms with Gasteiger partial charge in [-0.1, -0.05) is 13.8 Å². The van der Waals surface area contributed by atoms with Gasteiger partial charge in [-0.25, -0.2) is 4.39 Å². The molecule has 1 aromatic rings. The Kier molecular flexibility index (Phi) is 4.93. The van der Waals surface area contributed by atoms with Crippen LogP contribution < -0.4 is 5.73 Å². The Morgan fingerprint density at radius 1 is 1.38 bits per heavy atom. The average molecular weight is 243 g/mol. The number of hydrogen-bond donors (Lipinski definition) is 1. The van der Waals surface area contributed by atoms with Crippen molar-refractivity contribution in [2.24, 2.45) is 5.92 Å². The molecule has 0 heterocycles. The van der Waals surface area contributed by atoms with Crippen molar-refractivity contribution in [1.82, 2.24) is 0 Å². The highest BCUT2D eigenvalue weighted by Gasteiger charge is 2.05. The fourth-order valence-corrected chi connectivity index (χ4v) is 2.80. The molecule has 1 rings (SSSR count). The number of benzene rings is 1. The molecular weight excluding hydrogens is 225 g/mol. The molecule has 0 saturated heterocycles. The summed E-state index contributed by atoms with van der Waals surface area (Å²) in [4.78, 5) is 0. The van der Waals surface area contributed by atoms with Crippen molar-refractivity contribution < 1.29 is 8.60 Å². The zero-order valence-corrected chi connectivity index (χ0v) is 10.5. The van der Waals surface area contributed by atoms with Gasteiger partial charge in [-0.3, -0.25) is 4.21 Å². The van der Waals surface area contributed by atoms with Crippen LogP contribution in [-0.2, 0) is 16.6 Å². The molecule has 0 amide bonds. The van der Waals surface area contributed by atoms with E-state index in [4.69, 9.17) is 5.73 Å². The molecule has 0 aliphatic carbocycles. The Bertz CT molecular complexity index is 359. The molecule has 16 heavy (non-hydrogen) atoms. The van der Waals surface area contributed by atoms with Crippen molar-refractivity contribution in [1.29, 1.82) is 0 Å². The first-order valence-electron chi connectivity index (χ1n) is 5.37. The minimum absolute atomic E-state index is 0.365. The number of nitrogen functional groups attached to an aromatic ring is 1. The van der Waals surface area contributed by atoms with Crippen LogP contribution in [0.2, 0.25) is 0 Å². The van der Waals surface area contributed by atoms with E-state index in [2.05, 4.69) is 13.8 Å². The van der Waals surface area contributed by atoms with Gasteiger partial charge in [-0.2, -0.15) is 0 Å². The molecular formula is C12H18FNOS.